The summed E-state index contributed by atoms with van der Waals surface area (Å²) < 4.78 is 10.9. The smallest absolute Gasteiger partial charge is 0.191 e. The summed E-state index contributed by atoms with van der Waals surface area (Å²) in [6.07, 6.45) is 6.86. The first-order valence-electron chi connectivity index (χ1n) is 8.35. The van der Waals surface area contributed by atoms with Gasteiger partial charge in [0.25, 0.3) is 0 Å². The molecule has 0 aliphatic carbocycles. The van der Waals surface area contributed by atoms with Crippen molar-refractivity contribution in [2.75, 3.05) is 46.6 Å². The molecule has 0 bridgehead atoms. The molecule has 0 aliphatic heterocycles. The highest BCUT2D eigenvalue weighted by atomic mass is 16.5. The summed E-state index contributed by atoms with van der Waals surface area (Å²) in [6, 6.07) is 4.02. The minimum absolute atomic E-state index is 0.637. The Bertz CT molecular complexity index is 412. The van der Waals surface area contributed by atoms with Crippen LogP contribution in [0.15, 0.2) is 29.5 Å². The zero-order chi connectivity index (χ0) is 16.6. The van der Waals surface area contributed by atoms with Crippen molar-refractivity contribution < 1.29 is 9.47 Å². The molecular weight excluding hydrogens is 292 g/mol. The van der Waals surface area contributed by atoms with Gasteiger partial charge in [-0.3, -0.25) is 9.98 Å². The van der Waals surface area contributed by atoms with Gasteiger partial charge in [-0.1, -0.05) is 19.4 Å². The Morgan fingerprint density at radius 1 is 1.13 bits per heavy atom. The van der Waals surface area contributed by atoms with E-state index in [2.05, 4.69) is 33.6 Å². The highest BCUT2D eigenvalue weighted by molar-refractivity contribution is 5.79. The van der Waals surface area contributed by atoms with Gasteiger partial charge in [0.05, 0.1) is 19.8 Å². The summed E-state index contributed by atoms with van der Waals surface area (Å²) >= 11 is 0. The standard InChI is InChI=1S/C17H30N4O2/c1-3-4-11-22-13-14-23-12-10-21-17(18-2)20-9-7-16-6-5-8-19-15-16/h5-6,8,15H,3-4,7,9-14H2,1-2H3,(H2,18,20,21). The van der Waals surface area contributed by atoms with Crippen LogP contribution in [0.25, 0.3) is 0 Å². The first-order chi connectivity index (χ1) is 11.4. The maximum absolute atomic E-state index is 5.50. The number of guanidine groups is 1. The molecule has 0 amide bonds. The molecule has 1 aromatic heterocycles. The Labute approximate surface area is 139 Å². The van der Waals surface area contributed by atoms with Crippen LogP contribution in [-0.2, 0) is 15.9 Å². The lowest BCUT2D eigenvalue weighted by molar-refractivity contribution is 0.0487. The van der Waals surface area contributed by atoms with Gasteiger partial charge in [-0.05, 0) is 24.5 Å². The Hall–Kier alpha value is -1.66. The molecule has 0 fully saturated rings. The fourth-order valence-electron chi connectivity index (χ4n) is 1.90. The molecule has 1 heterocycles. The molecule has 0 saturated heterocycles. The van der Waals surface area contributed by atoms with E-state index in [1.165, 1.54) is 5.56 Å². The van der Waals surface area contributed by atoms with E-state index in [9.17, 15) is 0 Å². The first-order valence-corrected chi connectivity index (χ1v) is 8.35. The number of aromatic nitrogens is 1. The topological polar surface area (TPSA) is 67.8 Å². The number of rotatable bonds is 12. The van der Waals surface area contributed by atoms with Gasteiger partial charge >= 0.3 is 0 Å². The highest BCUT2D eigenvalue weighted by Gasteiger charge is 1.98. The molecular formula is C17H30N4O2. The Morgan fingerprint density at radius 3 is 2.61 bits per heavy atom. The molecule has 0 spiro atoms. The third-order valence-electron chi connectivity index (χ3n) is 3.21. The van der Waals surface area contributed by atoms with Crippen LogP contribution in [0.3, 0.4) is 0 Å². The van der Waals surface area contributed by atoms with Crippen molar-refractivity contribution in [2.24, 2.45) is 4.99 Å². The normalized spacial score (nSPS) is 11.5. The van der Waals surface area contributed by atoms with Crippen LogP contribution < -0.4 is 10.6 Å². The zero-order valence-electron chi connectivity index (χ0n) is 14.4. The molecule has 0 aliphatic rings. The number of nitrogens with one attached hydrogen (secondary N) is 2. The molecule has 2 N–H and O–H groups in total. The third-order valence-corrected chi connectivity index (χ3v) is 3.21. The van der Waals surface area contributed by atoms with Gasteiger partial charge in [-0.2, -0.15) is 0 Å². The molecule has 1 rings (SSSR count). The second kappa shape index (κ2) is 14.0. The molecule has 6 nitrogen and oxygen atoms in total. The van der Waals surface area contributed by atoms with E-state index in [1.54, 1.807) is 13.2 Å². The summed E-state index contributed by atoms with van der Waals surface area (Å²) in [6.45, 7) is 6.46. The SMILES string of the molecule is CCCCOCCOCCNC(=NC)NCCc1cccnc1. The van der Waals surface area contributed by atoms with Crippen molar-refractivity contribution in [1.82, 2.24) is 15.6 Å². The van der Waals surface area contributed by atoms with Crippen LogP contribution in [-0.4, -0.2) is 57.5 Å². The molecule has 6 heteroatoms. The van der Waals surface area contributed by atoms with E-state index in [-0.39, 0.29) is 0 Å². The molecule has 130 valence electrons. The first kappa shape index (κ1) is 19.4. The summed E-state index contributed by atoms with van der Waals surface area (Å²) in [5.74, 6) is 0.789. The number of aliphatic imine (C=N–C) groups is 1. The quantitative estimate of drug-likeness (QED) is 0.348. The molecule has 23 heavy (non-hydrogen) atoms. The number of pyridine rings is 1. The van der Waals surface area contributed by atoms with Crippen molar-refractivity contribution >= 4 is 5.96 Å². The lowest BCUT2D eigenvalue weighted by Gasteiger charge is -2.12. The number of ether oxygens (including phenoxy) is 2. The van der Waals surface area contributed by atoms with E-state index < -0.39 is 0 Å². The maximum Gasteiger partial charge on any atom is 0.191 e. The number of hydrogen-bond acceptors (Lipinski definition) is 4. The average molecular weight is 322 g/mol. The fourth-order valence-corrected chi connectivity index (χ4v) is 1.90. The lowest BCUT2D eigenvalue weighted by atomic mass is 10.2. The summed E-state index contributed by atoms with van der Waals surface area (Å²) in [7, 11) is 1.77. The van der Waals surface area contributed by atoms with Crippen LogP contribution in [0.5, 0.6) is 0 Å². The highest BCUT2D eigenvalue weighted by Crippen LogP contribution is 1.95. The summed E-state index contributed by atoms with van der Waals surface area (Å²) in [5, 5.41) is 6.50. The molecule has 0 atom stereocenters. The Kier molecular flexibility index (Phi) is 11.8. The van der Waals surface area contributed by atoms with Gasteiger partial charge in [0.1, 0.15) is 0 Å². The van der Waals surface area contributed by atoms with E-state index in [0.717, 1.165) is 44.9 Å². The van der Waals surface area contributed by atoms with E-state index in [0.29, 0.717) is 19.8 Å². The second-order valence-electron chi connectivity index (χ2n) is 5.12. The predicted octanol–water partition coefficient (Wildman–Crippen LogP) is 1.62. The average Bonchev–Trinajstić information content (AvgIpc) is 2.59. The lowest BCUT2D eigenvalue weighted by Crippen LogP contribution is -2.39. The minimum atomic E-state index is 0.637. The van der Waals surface area contributed by atoms with Crippen LogP contribution in [0.1, 0.15) is 25.3 Å². The van der Waals surface area contributed by atoms with E-state index >= 15 is 0 Å². The van der Waals surface area contributed by atoms with Crippen molar-refractivity contribution in [1.29, 1.82) is 0 Å². The Morgan fingerprint density at radius 2 is 1.91 bits per heavy atom. The van der Waals surface area contributed by atoms with Crippen molar-refractivity contribution in [3.05, 3.63) is 30.1 Å². The van der Waals surface area contributed by atoms with Gasteiger partial charge in [-0.15, -0.1) is 0 Å². The monoisotopic (exact) mass is 322 g/mol. The predicted molar refractivity (Wildman–Crippen MR) is 93.9 cm³/mol. The third kappa shape index (κ3) is 10.7. The van der Waals surface area contributed by atoms with Gasteiger partial charge < -0.3 is 20.1 Å². The summed E-state index contributed by atoms with van der Waals surface area (Å²) in [4.78, 5) is 8.29. The zero-order valence-corrected chi connectivity index (χ0v) is 14.4. The van der Waals surface area contributed by atoms with Crippen LogP contribution in [0.2, 0.25) is 0 Å². The van der Waals surface area contributed by atoms with Gasteiger partial charge in [0.2, 0.25) is 0 Å². The van der Waals surface area contributed by atoms with Crippen LogP contribution in [0, 0.1) is 0 Å². The van der Waals surface area contributed by atoms with Gasteiger partial charge in [-0.25, -0.2) is 0 Å². The maximum atomic E-state index is 5.50. The van der Waals surface area contributed by atoms with E-state index in [4.69, 9.17) is 9.47 Å². The second-order valence-corrected chi connectivity index (χ2v) is 5.12. The van der Waals surface area contributed by atoms with Crippen LogP contribution in [0.4, 0.5) is 0 Å². The van der Waals surface area contributed by atoms with Crippen LogP contribution >= 0.6 is 0 Å². The number of hydrogen-bond donors (Lipinski definition) is 2. The molecule has 0 saturated carbocycles. The van der Waals surface area contributed by atoms with Crippen molar-refractivity contribution in [3.8, 4) is 0 Å². The molecule has 1 aromatic rings. The molecule has 0 aromatic carbocycles. The van der Waals surface area contributed by atoms with E-state index in [1.807, 2.05) is 12.3 Å². The molecule has 0 unspecified atom stereocenters. The van der Waals surface area contributed by atoms with Crippen molar-refractivity contribution in [2.45, 2.75) is 26.2 Å². The Balaban J connectivity index is 1.97. The minimum Gasteiger partial charge on any atom is -0.379 e. The van der Waals surface area contributed by atoms with Crippen molar-refractivity contribution in [3.63, 3.8) is 0 Å². The number of unbranched alkanes of at least 4 members (excludes halogenated alkanes) is 1. The van der Waals surface area contributed by atoms with Gasteiger partial charge in [0.15, 0.2) is 5.96 Å². The number of nitrogens with zero attached hydrogens (tertiary/aromatic N) is 2. The largest absolute Gasteiger partial charge is 0.379 e. The molecule has 0 radical (unpaired) electrons. The fraction of sp³-hybridized carbons (Fsp3) is 0.647. The van der Waals surface area contributed by atoms with Gasteiger partial charge in [0, 0.05) is 39.1 Å². The summed E-state index contributed by atoms with van der Waals surface area (Å²) in [5.41, 5.74) is 1.21.